The highest BCUT2D eigenvalue weighted by molar-refractivity contribution is 5.29. The Morgan fingerprint density at radius 2 is 1.71 bits per heavy atom. The van der Waals surface area contributed by atoms with E-state index in [9.17, 15) is 0 Å². The summed E-state index contributed by atoms with van der Waals surface area (Å²) in [4.78, 5) is 0. The van der Waals surface area contributed by atoms with Gasteiger partial charge in [0.05, 0.1) is 0 Å². The molecule has 0 aliphatic heterocycles. The van der Waals surface area contributed by atoms with Crippen LogP contribution in [0.1, 0.15) is 68.6 Å². The molecule has 0 atom stereocenters. The Kier molecular flexibility index (Phi) is 5.87. The van der Waals surface area contributed by atoms with Crippen molar-refractivity contribution in [3.63, 3.8) is 0 Å². The molecule has 1 aliphatic rings. The van der Waals surface area contributed by atoms with Gasteiger partial charge in [-0.15, -0.1) is 0 Å². The molecule has 1 aliphatic carbocycles. The zero-order chi connectivity index (χ0) is 15.3. The smallest absolute Gasteiger partial charge is 0.00173 e. The van der Waals surface area contributed by atoms with Gasteiger partial charge in [-0.1, -0.05) is 55.5 Å². The fourth-order valence-electron chi connectivity index (χ4n) is 4.13. The van der Waals surface area contributed by atoms with Crippen LogP contribution in [-0.4, -0.2) is 6.54 Å². The Morgan fingerprint density at radius 1 is 1.10 bits per heavy atom. The largest absolute Gasteiger partial charge is 0.330 e. The SMILES string of the molecule is CCCCC1CCC(CN)(Cc2cc(C)cc(C)c2)CC1. The van der Waals surface area contributed by atoms with E-state index in [4.69, 9.17) is 5.73 Å². The molecule has 0 amide bonds. The number of aryl methyl sites for hydroxylation is 2. The molecule has 1 fully saturated rings. The third kappa shape index (κ3) is 4.57. The molecule has 1 aromatic rings. The molecule has 1 aromatic carbocycles. The van der Waals surface area contributed by atoms with Gasteiger partial charge in [-0.25, -0.2) is 0 Å². The van der Waals surface area contributed by atoms with Crippen LogP contribution in [0.5, 0.6) is 0 Å². The molecule has 1 saturated carbocycles. The minimum atomic E-state index is 0.364. The second kappa shape index (κ2) is 7.45. The predicted molar refractivity (Wildman–Crippen MR) is 92.6 cm³/mol. The van der Waals surface area contributed by atoms with Crippen LogP contribution in [0.3, 0.4) is 0 Å². The number of hydrogen-bond acceptors (Lipinski definition) is 1. The first-order chi connectivity index (χ1) is 10.1. The average molecular weight is 287 g/mol. The molecule has 2 rings (SSSR count). The monoisotopic (exact) mass is 287 g/mol. The summed E-state index contributed by atoms with van der Waals surface area (Å²) in [7, 11) is 0. The van der Waals surface area contributed by atoms with Gasteiger partial charge in [-0.05, 0) is 69.4 Å². The van der Waals surface area contributed by atoms with E-state index in [0.717, 1.165) is 12.5 Å². The standard InChI is InChI=1S/C20H33N/c1-4-5-6-18-7-9-20(15-21,10-8-18)14-19-12-16(2)11-17(3)13-19/h11-13,18H,4-10,14-15,21H2,1-3H3. The fraction of sp³-hybridized carbons (Fsp3) is 0.700. The Morgan fingerprint density at radius 3 is 2.24 bits per heavy atom. The first-order valence-corrected chi connectivity index (χ1v) is 8.84. The van der Waals surface area contributed by atoms with Crippen LogP contribution < -0.4 is 5.73 Å². The molecule has 0 bridgehead atoms. The average Bonchev–Trinajstić information content (AvgIpc) is 2.45. The van der Waals surface area contributed by atoms with Crippen LogP contribution in [0, 0.1) is 25.2 Å². The zero-order valence-electron chi connectivity index (χ0n) is 14.3. The summed E-state index contributed by atoms with van der Waals surface area (Å²) < 4.78 is 0. The molecule has 0 aromatic heterocycles. The lowest BCUT2D eigenvalue weighted by Gasteiger charge is -2.40. The summed E-state index contributed by atoms with van der Waals surface area (Å²) in [5.41, 5.74) is 10.8. The number of hydrogen-bond donors (Lipinski definition) is 1. The molecule has 0 heterocycles. The maximum Gasteiger partial charge on any atom is -0.00173 e. The summed E-state index contributed by atoms with van der Waals surface area (Å²) in [6.07, 6.45) is 10.8. The Labute approximate surface area is 131 Å². The van der Waals surface area contributed by atoms with Crippen molar-refractivity contribution < 1.29 is 0 Å². The highest BCUT2D eigenvalue weighted by Gasteiger charge is 2.34. The van der Waals surface area contributed by atoms with Crippen molar-refractivity contribution in [3.05, 3.63) is 34.9 Å². The molecule has 2 N–H and O–H groups in total. The van der Waals surface area contributed by atoms with E-state index in [1.807, 2.05) is 0 Å². The highest BCUT2D eigenvalue weighted by atomic mass is 14.6. The Bertz CT molecular complexity index is 421. The van der Waals surface area contributed by atoms with E-state index in [1.165, 1.54) is 68.1 Å². The summed E-state index contributed by atoms with van der Waals surface area (Å²) in [5.74, 6) is 0.962. The number of rotatable bonds is 6. The van der Waals surface area contributed by atoms with Crippen molar-refractivity contribution >= 4 is 0 Å². The second-order valence-electron chi connectivity index (χ2n) is 7.46. The van der Waals surface area contributed by atoms with Crippen molar-refractivity contribution in [2.45, 2.75) is 72.1 Å². The lowest BCUT2D eigenvalue weighted by molar-refractivity contribution is 0.150. The van der Waals surface area contributed by atoms with Gasteiger partial charge in [0.15, 0.2) is 0 Å². The number of benzene rings is 1. The third-order valence-corrected chi connectivity index (χ3v) is 5.43. The molecular weight excluding hydrogens is 254 g/mol. The van der Waals surface area contributed by atoms with Crippen LogP contribution >= 0.6 is 0 Å². The van der Waals surface area contributed by atoms with E-state index < -0.39 is 0 Å². The van der Waals surface area contributed by atoms with Gasteiger partial charge in [-0.3, -0.25) is 0 Å². The third-order valence-electron chi connectivity index (χ3n) is 5.43. The van der Waals surface area contributed by atoms with Crippen molar-refractivity contribution in [1.29, 1.82) is 0 Å². The lowest BCUT2D eigenvalue weighted by atomic mass is 9.66. The van der Waals surface area contributed by atoms with Crippen LogP contribution in [-0.2, 0) is 6.42 Å². The molecule has 0 spiro atoms. The Balaban J connectivity index is 1.99. The second-order valence-corrected chi connectivity index (χ2v) is 7.46. The highest BCUT2D eigenvalue weighted by Crippen LogP contribution is 2.42. The molecule has 118 valence electrons. The maximum atomic E-state index is 6.21. The van der Waals surface area contributed by atoms with Crippen molar-refractivity contribution in [2.75, 3.05) is 6.54 Å². The normalized spacial score (nSPS) is 26.0. The van der Waals surface area contributed by atoms with E-state index in [2.05, 4.69) is 39.0 Å². The first kappa shape index (κ1) is 16.5. The first-order valence-electron chi connectivity index (χ1n) is 8.84. The molecule has 0 unspecified atom stereocenters. The van der Waals surface area contributed by atoms with Gasteiger partial charge in [0.25, 0.3) is 0 Å². The van der Waals surface area contributed by atoms with E-state index in [-0.39, 0.29) is 0 Å². The topological polar surface area (TPSA) is 26.0 Å². The zero-order valence-corrected chi connectivity index (χ0v) is 14.3. The van der Waals surface area contributed by atoms with Gasteiger partial charge in [0.2, 0.25) is 0 Å². The summed E-state index contributed by atoms with van der Waals surface area (Å²) >= 11 is 0. The maximum absolute atomic E-state index is 6.21. The van der Waals surface area contributed by atoms with Gasteiger partial charge < -0.3 is 5.73 Å². The quantitative estimate of drug-likeness (QED) is 0.767. The van der Waals surface area contributed by atoms with E-state index in [0.29, 0.717) is 5.41 Å². The van der Waals surface area contributed by atoms with Gasteiger partial charge in [0, 0.05) is 0 Å². The molecular formula is C20H33N. The van der Waals surface area contributed by atoms with Gasteiger partial charge in [-0.2, -0.15) is 0 Å². The minimum absolute atomic E-state index is 0.364. The fourth-order valence-corrected chi connectivity index (χ4v) is 4.13. The molecule has 0 radical (unpaired) electrons. The molecule has 1 nitrogen and oxygen atoms in total. The van der Waals surface area contributed by atoms with Gasteiger partial charge >= 0.3 is 0 Å². The summed E-state index contributed by atoms with van der Waals surface area (Å²) in [6, 6.07) is 6.97. The van der Waals surface area contributed by atoms with Crippen LogP contribution in [0.4, 0.5) is 0 Å². The minimum Gasteiger partial charge on any atom is -0.330 e. The van der Waals surface area contributed by atoms with E-state index in [1.54, 1.807) is 0 Å². The van der Waals surface area contributed by atoms with E-state index >= 15 is 0 Å². The van der Waals surface area contributed by atoms with Crippen LogP contribution in [0.2, 0.25) is 0 Å². The number of nitrogens with two attached hydrogens (primary N) is 1. The molecule has 1 heteroatoms. The summed E-state index contributed by atoms with van der Waals surface area (Å²) in [5, 5.41) is 0. The predicted octanol–water partition coefficient (Wildman–Crippen LogP) is 5.17. The lowest BCUT2D eigenvalue weighted by Crippen LogP contribution is -2.37. The van der Waals surface area contributed by atoms with Crippen molar-refractivity contribution in [1.82, 2.24) is 0 Å². The molecule has 0 saturated heterocycles. The van der Waals surface area contributed by atoms with Crippen LogP contribution in [0.15, 0.2) is 18.2 Å². The summed E-state index contributed by atoms with van der Waals surface area (Å²) in [6.45, 7) is 7.55. The number of unbranched alkanes of at least 4 members (excludes halogenated alkanes) is 1. The van der Waals surface area contributed by atoms with Crippen LogP contribution in [0.25, 0.3) is 0 Å². The molecule has 21 heavy (non-hydrogen) atoms. The Hall–Kier alpha value is -0.820. The van der Waals surface area contributed by atoms with Crippen molar-refractivity contribution in [2.24, 2.45) is 17.1 Å². The van der Waals surface area contributed by atoms with Crippen molar-refractivity contribution in [3.8, 4) is 0 Å². The van der Waals surface area contributed by atoms with Gasteiger partial charge in [0.1, 0.15) is 0 Å².